The molecule has 0 saturated carbocycles. The molecule has 0 saturated heterocycles. The van der Waals surface area contributed by atoms with Gasteiger partial charge in [0.25, 0.3) is 6.69 Å². The Bertz CT molecular complexity index is 93.1. The van der Waals surface area contributed by atoms with Crippen LogP contribution in [0.1, 0.15) is 6.92 Å². The maximum absolute atomic E-state index is 5.77. The Morgan fingerprint density at radius 1 is 1.62 bits per heavy atom. The Morgan fingerprint density at radius 2 is 2.00 bits per heavy atom. The summed E-state index contributed by atoms with van der Waals surface area (Å²) >= 11 is 11.5. The minimum Gasteiger partial charge on any atom is -0.146 e. The van der Waals surface area contributed by atoms with E-state index in [-0.39, 0.29) is 0 Å². The molecular formula is C5H10Cl2Si. The Kier molecular flexibility index (Phi) is 3.10. The van der Waals surface area contributed by atoms with Gasteiger partial charge in [-0.25, -0.2) is 0 Å². The molecule has 0 fully saturated rings. The summed E-state index contributed by atoms with van der Waals surface area (Å²) in [5.74, 6) is 0. The van der Waals surface area contributed by atoms with Gasteiger partial charge in [0.2, 0.25) is 0 Å². The lowest BCUT2D eigenvalue weighted by Crippen LogP contribution is -2.11. The van der Waals surface area contributed by atoms with E-state index >= 15 is 0 Å². The van der Waals surface area contributed by atoms with E-state index < -0.39 is 6.69 Å². The molecule has 0 amide bonds. The summed E-state index contributed by atoms with van der Waals surface area (Å²) in [5, 5.41) is 0. The van der Waals surface area contributed by atoms with Crippen LogP contribution in [0.2, 0.25) is 12.6 Å². The molecule has 0 bridgehead atoms. The van der Waals surface area contributed by atoms with Crippen LogP contribution in [0.15, 0.2) is 12.2 Å². The Morgan fingerprint density at radius 3 is 2.00 bits per heavy atom. The third-order valence-corrected chi connectivity index (χ3v) is 2.64. The fourth-order valence-electron chi connectivity index (χ4n) is 0.530. The van der Waals surface area contributed by atoms with E-state index in [2.05, 4.69) is 6.58 Å². The largest absolute Gasteiger partial charge is 0.252 e. The lowest BCUT2D eigenvalue weighted by Gasteiger charge is -2.07. The van der Waals surface area contributed by atoms with E-state index in [1.54, 1.807) is 0 Å². The monoisotopic (exact) mass is 168 g/mol. The molecule has 0 aliphatic heterocycles. The van der Waals surface area contributed by atoms with E-state index in [0.717, 1.165) is 11.6 Å². The third-order valence-electron chi connectivity index (χ3n) is 0.612. The second-order valence-corrected chi connectivity index (χ2v) is 10.3. The topological polar surface area (TPSA) is 0 Å². The van der Waals surface area contributed by atoms with Gasteiger partial charge in [-0.3, -0.25) is 0 Å². The normalized spacial score (nSPS) is 11.5. The van der Waals surface area contributed by atoms with Crippen LogP contribution >= 0.6 is 22.2 Å². The van der Waals surface area contributed by atoms with Crippen LogP contribution in [-0.4, -0.2) is 6.69 Å². The summed E-state index contributed by atoms with van der Waals surface area (Å²) in [6.45, 7) is 5.67. The number of hydrogen-bond donors (Lipinski definition) is 0. The Hall–Kier alpha value is 0.537. The maximum atomic E-state index is 5.77. The van der Waals surface area contributed by atoms with Gasteiger partial charge in [0.15, 0.2) is 0 Å². The van der Waals surface area contributed by atoms with Crippen molar-refractivity contribution in [1.29, 1.82) is 0 Å². The van der Waals surface area contributed by atoms with Crippen molar-refractivity contribution < 1.29 is 0 Å². The minimum atomic E-state index is -1.88. The van der Waals surface area contributed by atoms with Crippen molar-refractivity contribution >= 4 is 28.9 Å². The standard InChI is InChI=1S/C5H10Cl2Si/c1-5(2)4-8(3,6)7/h1,4H2,2-3H3. The van der Waals surface area contributed by atoms with Crippen LogP contribution in [0.25, 0.3) is 0 Å². The van der Waals surface area contributed by atoms with Crippen LogP contribution in [0.5, 0.6) is 0 Å². The third kappa shape index (κ3) is 6.54. The highest BCUT2D eigenvalue weighted by molar-refractivity contribution is 7.45. The van der Waals surface area contributed by atoms with E-state index in [1.165, 1.54) is 0 Å². The van der Waals surface area contributed by atoms with Crippen molar-refractivity contribution in [3.05, 3.63) is 12.2 Å². The van der Waals surface area contributed by atoms with Gasteiger partial charge in [0.05, 0.1) is 0 Å². The van der Waals surface area contributed by atoms with Gasteiger partial charge in [-0.15, -0.1) is 28.7 Å². The summed E-state index contributed by atoms with van der Waals surface area (Å²) < 4.78 is 0. The first-order valence-electron chi connectivity index (χ1n) is 2.44. The van der Waals surface area contributed by atoms with Crippen LogP contribution in [0.3, 0.4) is 0 Å². The first kappa shape index (κ1) is 8.54. The number of hydrogen-bond acceptors (Lipinski definition) is 0. The predicted octanol–water partition coefficient (Wildman–Crippen LogP) is 3.11. The number of rotatable bonds is 2. The zero-order valence-corrected chi connectivity index (χ0v) is 7.68. The second kappa shape index (κ2) is 2.90. The molecule has 0 aromatic carbocycles. The summed E-state index contributed by atoms with van der Waals surface area (Å²) in [6, 6.07) is 0.802. The predicted molar refractivity (Wildman–Crippen MR) is 42.9 cm³/mol. The van der Waals surface area contributed by atoms with Gasteiger partial charge >= 0.3 is 0 Å². The van der Waals surface area contributed by atoms with Crippen LogP contribution in [-0.2, 0) is 0 Å². The van der Waals surface area contributed by atoms with Gasteiger partial charge in [0, 0.05) is 0 Å². The molecule has 0 nitrogen and oxygen atoms in total. The molecule has 8 heavy (non-hydrogen) atoms. The van der Waals surface area contributed by atoms with Crippen molar-refractivity contribution in [2.45, 2.75) is 19.5 Å². The highest BCUT2D eigenvalue weighted by atomic mass is 35.7. The Labute approximate surface area is 60.9 Å². The van der Waals surface area contributed by atoms with E-state index in [9.17, 15) is 0 Å². The minimum absolute atomic E-state index is 0.802. The van der Waals surface area contributed by atoms with Crippen LogP contribution in [0, 0.1) is 0 Å². The fourth-order valence-corrected chi connectivity index (χ4v) is 2.96. The zero-order chi connectivity index (χ0) is 6.78. The molecule has 3 heteroatoms. The number of halogens is 2. The molecule has 0 radical (unpaired) electrons. The average Bonchev–Trinajstić information content (AvgIpc) is 1.21. The highest BCUT2D eigenvalue weighted by Gasteiger charge is 2.19. The quantitative estimate of drug-likeness (QED) is 0.338. The van der Waals surface area contributed by atoms with Gasteiger partial charge in [-0.1, -0.05) is 5.57 Å². The molecule has 0 atom stereocenters. The van der Waals surface area contributed by atoms with Crippen molar-refractivity contribution in [3.63, 3.8) is 0 Å². The first-order chi connectivity index (χ1) is 3.42. The van der Waals surface area contributed by atoms with Crippen LogP contribution in [0.4, 0.5) is 0 Å². The molecule has 0 aliphatic rings. The van der Waals surface area contributed by atoms with Crippen molar-refractivity contribution in [3.8, 4) is 0 Å². The van der Waals surface area contributed by atoms with Crippen molar-refractivity contribution in [2.24, 2.45) is 0 Å². The van der Waals surface area contributed by atoms with Crippen molar-refractivity contribution in [1.82, 2.24) is 0 Å². The fraction of sp³-hybridized carbons (Fsp3) is 0.600. The van der Waals surface area contributed by atoms with Gasteiger partial charge in [-0.2, -0.15) is 0 Å². The SMILES string of the molecule is C=C(C)C[Si](C)(Cl)Cl. The number of allylic oxidation sites excluding steroid dienone is 1. The Balaban J connectivity index is 3.55. The first-order valence-corrected chi connectivity index (χ1v) is 7.17. The van der Waals surface area contributed by atoms with E-state index in [1.807, 2.05) is 13.5 Å². The lowest BCUT2D eigenvalue weighted by molar-refractivity contribution is 1.38. The highest BCUT2D eigenvalue weighted by Crippen LogP contribution is 2.22. The molecular weight excluding hydrogens is 159 g/mol. The smallest absolute Gasteiger partial charge is 0.146 e. The molecule has 0 heterocycles. The second-order valence-electron chi connectivity index (χ2n) is 2.20. The average molecular weight is 169 g/mol. The molecule has 0 spiro atoms. The van der Waals surface area contributed by atoms with Gasteiger partial charge < -0.3 is 0 Å². The zero-order valence-electron chi connectivity index (χ0n) is 5.17. The lowest BCUT2D eigenvalue weighted by atomic mass is 10.4. The van der Waals surface area contributed by atoms with Gasteiger partial charge in [0.1, 0.15) is 0 Å². The molecule has 0 aromatic heterocycles. The summed E-state index contributed by atoms with van der Waals surface area (Å²) in [5.41, 5.74) is 1.07. The molecule has 0 rings (SSSR count). The maximum Gasteiger partial charge on any atom is 0.252 e. The summed E-state index contributed by atoms with van der Waals surface area (Å²) in [4.78, 5) is 0. The molecule has 0 N–H and O–H groups in total. The van der Waals surface area contributed by atoms with Gasteiger partial charge in [-0.05, 0) is 19.5 Å². The summed E-state index contributed by atoms with van der Waals surface area (Å²) in [6.07, 6.45) is 0. The van der Waals surface area contributed by atoms with E-state index in [4.69, 9.17) is 22.2 Å². The molecule has 0 unspecified atom stereocenters. The molecule has 0 aromatic rings. The summed E-state index contributed by atoms with van der Waals surface area (Å²) in [7, 11) is 0. The molecule has 0 aliphatic carbocycles. The van der Waals surface area contributed by atoms with E-state index in [0.29, 0.717) is 0 Å². The molecule has 48 valence electrons. The van der Waals surface area contributed by atoms with Crippen molar-refractivity contribution in [2.75, 3.05) is 0 Å². The van der Waals surface area contributed by atoms with Crippen LogP contribution < -0.4 is 0 Å².